The molecule has 1 atom stereocenters. The van der Waals surface area contributed by atoms with E-state index in [9.17, 15) is 0 Å². The predicted molar refractivity (Wildman–Crippen MR) is 82.3 cm³/mol. The minimum atomic E-state index is 0.743. The smallest absolute Gasteiger partial charge is 0.0991 e. The number of benzene rings is 1. The van der Waals surface area contributed by atoms with Crippen molar-refractivity contribution in [3.05, 3.63) is 35.4 Å². The molecule has 0 saturated carbocycles. The van der Waals surface area contributed by atoms with Gasteiger partial charge in [-0.3, -0.25) is 4.90 Å². The molecule has 2 rings (SSSR count). The molecule has 1 N–H and O–H groups in total. The number of hydrogen-bond acceptors (Lipinski definition) is 3. The fourth-order valence-electron chi connectivity index (χ4n) is 2.94. The summed E-state index contributed by atoms with van der Waals surface area (Å²) in [6, 6.07) is 10.2. The van der Waals surface area contributed by atoms with Gasteiger partial charge in [-0.25, -0.2) is 0 Å². The molecule has 1 aromatic rings. The van der Waals surface area contributed by atoms with E-state index in [0.29, 0.717) is 0 Å². The van der Waals surface area contributed by atoms with Gasteiger partial charge in [0.15, 0.2) is 0 Å². The Hall–Kier alpha value is -1.37. The van der Waals surface area contributed by atoms with Gasteiger partial charge in [0, 0.05) is 13.1 Å². The average molecular weight is 271 g/mol. The van der Waals surface area contributed by atoms with Gasteiger partial charge in [-0.15, -0.1) is 0 Å². The minimum Gasteiger partial charge on any atom is -0.316 e. The van der Waals surface area contributed by atoms with Crippen LogP contribution >= 0.6 is 0 Å². The molecule has 1 heterocycles. The highest BCUT2D eigenvalue weighted by Gasteiger charge is 2.16. The standard InChI is InChI=1S/C17H25N3/c1-2-10-20(14-17-4-3-9-19-12-17)13-16-7-5-15(11-18)6-8-16/h5-8,17,19H,2-4,9-10,12-14H2,1H3. The lowest BCUT2D eigenvalue weighted by Gasteiger charge is -2.30. The highest BCUT2D eigenvalue weighted by molar-refractivity contribution is 5.31. The van der Waals surface area contributed by atoms with Crippen molar-refractivity contribution in [3.63, 3.8) is 0 Å². The average Bonchev–Trinajstić information content (AvgIpc) is 2.49. The molecule has 0 bridgehead atoms. The first-order valence-electron chi connectivity index (χ1n) is 7.74. The molecule has 1 aliphatic rings. The molecule has 0 radical (unpaired) electrons. The van der Waals surface area contributed by atoms with E-state index in [2.05, 4.69) is 35.3 Å². The van der Waals surface area contributed by atoms with E-state index >= 15 is 0 Å². The fourth-order valence-corrected chi connectivity index (χ4v) is 2.94. The molecule has 1 aliphatic heterocycles. The molecule has 1 unspecified atom stereocenters. The van der Waals surface area contributed by atoms with E-state index in [4.69, 9.17) is 5.26 Å². The van der Waals surface area contributed by atoms with Crippen LogP contribution in [-0.4, -0.2) is 31.1 Å². The van der Waals surface area contributed by atoms with Gasteiger partial charge in [0.1, 0.15) is 0 Å². The quantitative estimate of drug-likeness (QED) is 0.864. The Morgan fingerprint density at radius 1 is 1.35 bits per heavy atom. The van der Waals surface area contributed by atoms with Gasteiger partial charge in [0.05, 0.1) is 11.6 Å². The fraction of sp³-hybridized carbons (Fsp3) is 0.588. The molecule has 20 heavy (non-hydrogen) atoms. The third-order valence-corrected chi connectivity index (χ3v) is 3.94. The number of nitrogens with zero attached hydrogens (tertiary/aromatic N) is 2. The summed E-state index contributed by atoms with van der Waals surface area (Å²) in [6.45, 7) is 7.91. The zero-order valence-electron chi connectivity index (χ0n) is 12.4. The Kier molecular flexibility index (Phi) is 6.04. The Morgan fingerprint density at radius 3 is 2.75 bits per heavy atom. The van der Waals surface area contributed by atoms with Crippen LogP contribution in [0, 0.1) is 17.2 Å². The van der Waals surface area contributed by atoms with Crippen LogP contribution < -0.4 is 5.32 Å². The summed E-state index contributed by atoms with van der Waals surface area (Å²) in [5.74, 6) is 0.786. The first-order chi connectivity index (χ1) is 9.81. The van der Waals surface area contributed by atoms with E-state index in [1.807, 2.05) is 12.1 Å². The van der Waals surface area contributed by atoms with Crippen LogP contribution in [-0.2, 0) is 6.54 Å². The predicted octanol–water partition coefficient (Wildman–Crippen LogP) is 2.77. The number of nitrogens with one attached hydrogen (secondary N) is 1. The van der Waals surface area contributed by atoms with Crippen LogP contribution in [0.2, 0.25) is 0 Å². The van der Waals surface area contributed by atoms with Crippen molar-refractivity contribution in [2.75, 3.05) is 26.2 Å². The zero-order chi connectivity index (χ0) is 14.2. The number of piperidine rings is 1. The molecular weight excluding hydrogens is 246 g/mol. The third kappa shape index (κ3) is 4.63. The molecule has 0 spiro atoms. The molecule has 0 aliphatic carbocycles. The van der Waals surface area contributed by atoms with E-state index in [1.54, 1.807) is 0 Å². The van der Waals surface area contributed by atoms with Crippen molar-refractivity contribution in [2.24, 2.45) is 5.92 Å². The van der Waals surface area contributed by atoms with Crippen molar-refractivity contribution in [1.82, 2.24) is 10.2 Å². The van der Waals surface area contributed by atoms with Crippen LogP contribution in [0.1, 0.15) is 37.3 Å². The number of rotatable bonds is 6. The largest absolute Gasteiger partial charge is 0.316 e. The molecule has 1 saturated heterocycles. The first kappa shape index (κ1) is 15.0. The highest BCUT2D eigenvalue weighted by Crippen LogP contribution is 2.14. The van der Waals surface area contributed by atoms with E-state index in [1.165, 1.54) is 37.9 Å². The van der Waals surface area contributed by atoms with Crippen LogP contribution in [0.5, 0.6) is 0 Å². The van der Waals surface area contributed by atoms with Gasteiger partial charge in [-0.05, 0) is 62.5 Å². The lowest BCUT2D eigenvalue weighted by atomic mass is 9.98. The molecule has 3 nitrogen and oxygen atoms in total. The van der Waals surface area contributed by atoms with E-state index < -0.39 is 0 Å². The van der Waals surface area contributed by atoms with Crippen molar-refractivity contribution >= 4 is 0 Å². The van der Waals surface area contributed by atoms with Crippen LogP contribution in [0.4, 0.5) is 0 Å². The molecule has 0 amide bonds. The van der Waals surface area contributed by atoms with Crippen molar-refractivity contribution in [1.29, 1.82) is 5.26 Å². The number of hydrogen-bond donors (Lipinski definition) is 1. The monoisotopic (exact) mass is 271 g/mol. The summed E-state index contributed by atoms with van der Waals surface area (Å²) in [5.41, 5.74) is 2.05. The Balaban J connectivity index is 1.91. The summed E-state index contributed by atoms with van der Waals surface area (Å²) in [5, 5.41) is 12.3. The van der Waals surface area contributed by atoms with Crippen molar-refractivity contribution < 1.29 is 0 Å². The summed E-state index contributed by atoms with van der Waals surface area (Å²) in [6.07, 6.45) is 3.85. The van der Waals surface area contributed by atoms with Gasteiger partial charge in [0.2, 0.25) is 0 Å². The van der Waals surface area contributed by atoms with Gasteiger partial charge < -0.3 is 5.32 Å². The topological polar surface area (TPSA) is 39.1 Å². The summed E-state index contributed by atoms with van der Waals surface area (Å²) in [7, 11) is 0. The molecule has 3 heteroatoms. The Labute approximate surface area is 122 Å². The summed E-state index contributed by atoms with van der Waals surface area (Å²) >= 11 is 0. The molecule has 108 valence electrons. The third-order valence-electron chi connectivity index (χ3n) is 3.94. The maximum atomic E-state index is 8.84. The second-order valence-corrected chi connectivity index (χ2v) is 5.76. The van der Waals surface area contributed by atoms with Crippen molar-refractivity contribution in [2.45, 2.75) is 32.7 Å². The van der Waals surface area contributed by atoms with Crippen LogP contribution in [0.25, 0.3) is 0 Å². The van der Waals surface area contributed by atoms with Gasteiger partial charge in [-0.1, -0.05) is 19.1 Å². The lowest BCUT2D eigenvalue weighted by Crippen LogP contribution is -2.38. The normalized spacial score (nSPS) is 18.9. The van der Waals surface area contributed by atoms with Gasteiger partial charge in [0.25, 0.3) is 0 Å². The minimum absolute atomic E-state index is 0.743. The lowest BCUT2D eigenvalue weighted by molar-refractivity contribution is 0.201. The molecule has 1 fully saturated rings. The maximum Gasteiger partial charge on any atom is 0.0991 e. The van der Waals surface area contributed by atoms with E-state index in [-0.39, 0.29) is 0 Å². The van der Waals surface area contributed by atoms with Crippen molar-refractivity contribution in [3.8, 4) is 6.07 Å². The van der Waals surface area contributed by atoms with Gasteiger partial charge >= 0.3 is 0 Å². The second-order valence-electron chi connectivity index (χ2n) is 5.76. The molecule has 1 aromatic carbocycles. The zero-order valence-corrected chi connectivity index (χ0v) is 12.4. The maximum absolute atomic E-state index is 8.84. The Bertz CT molecular complexity index is 427. The second kappa shape index (κ2) is 8.04. The van der Waals surface area contributed by atoms with Gasteiger partial charge in [-0.2, -0.15) is 5.26 Å². The summed E-state index contributed by atoms with van der Waals surface area (Å²) < 4.78 is 0. The van der Waals surface area contributed by atoms with Crippen LogP contribution in [0.15, 0.2) is 24.3 Å². The SMILES string of the molecule is CCCN(Cc1ccc(C#N)cc1)CC1CCCNC1. The number of nitriles is 1. The summed E-state index contributed by atoms with van der Waals surface area (Å²) in [4.78, 5) is 2.55. The highest BCUT2D eigenvalue weighted by atomic mass is 15.1. The molecule has 0 aromatic heterocycles. The molecular formula is C17H25N3. The Morgan fingerprint density at radius 2 is 2.15 bits per heavy atom. The van der Waals surface area contributed by atoms with E-state index in [0.717, 1.165) is 31.1 Å². The van der Waals surface area contributed by atoms with Crippen LogP contribution in [0.3, 0.4) is 0 Å². The first-order valence-corrected chi connectivity index (χ1v) is 7.74.